The third-order valence-corrected chi connectivity index (χ3v) is 4.51. The fraction of sp³-hybridized carbons (Fsp3) is 0.190. The molecule has 1 aromatic heterocycles. The molecule has 1 heterocycles. The van der Waals surface area contributed by atoms with Crippen molar-refractivity contribution in [2.24, 2.45) is 0 Å². The molecule has 0 aliphatic carbocycles. The molecule has 1 N–H and O–H groups in total. The topological polar surface area (TPSA) is 67.4 Å². The van der Waals surface area contributed by atoms with Crippen molar-refractivity contribution in [3.05, 3.63) is 76.9 Å². The van der Waals surface area contributed by atoms with E-state index in [1.807, 2.05) is 18.2 Å². The van der Waals surface area contributed by atoms with E-state index >= 15 is 0 Å². The van der Waals surface area contributed by atoms with Crippen LogP contribution in [0.25, 0.3) is 0 Å². The number of methoxy groups -OCH3 is 1. The molecule has 28 heavy (non-hydrogen) atoms. The van der Waals surface area contributed by atoms with Crippen LogP contribution in [0.5, 0.6) is 5.75 Å². The van der Waals surface area contributed by atoms with Crippen molar-refractivity contribution < 1.29 is 9.53 Å². The minimum absolute atomic E-state index is 0.228. The van der Waals surface area contributed by atoms with Gasteiger partial charge in [0.2, 0.25) is 0 Å². The van der Waals surface area contributed by atoms with Crippen LogP contribution in [0.1, 0.15) is 23.0 Å². The summed E-state index contributed by atoms with van der Waals surface area (Å²) in [4.78, 5) is 14.5. The summed E-state index contributed by atoms with van der Waals surface area (Å²) in [5.41, 5.74) is 1.97. The lowest BCUT2D eigenvalue weighted by Crippen LogP contribution is -2.24. The van der Waals surface area contributed by atoms with Crippen molar-refractivity contribution in [2.75, 3.05) is 23.9 Å². The van der Waals surface area contributed by atoms with Gasteiger partial charge >= 0.3 is 0 Å². The Morgan fingerprint density at radius 2 is 1.89 bits per heavy atom. The maximum Gasteiger partial charge on any atom is 0.276 e. The van der Waals surface area contributed by atoms with Gasteiger partial charge in [-0.25, -0.2) is 0 Å². The number of aromatic nitrogens is 2. The number of rotatable bonds is 7. The van der Waals surface area contributed by atoms with Crippen LogP contribution in [-0.4, -0.2) is 29.8 Å². The first kappa shape index (κ1) is 19.6. The second-order valence-corrected chi connectivity index (χ2v) is 6.49. The Bertz CT molecular complexity index is 933. The van der Waals surface area contributed by atoms with E-state index in [-0.39, 0.29) is 11.6 Å². The maximum atomic E-state index is 12.4. The minimum atomic E-state index is -0.355. The minimum Gasteiger partial charge on any atom is -0.495 e. The van der Waals surface area contributed by atoms with Crippen LogP contribution < -0.4 is 15.0 Å². The van der Waals surface area contributed by atoms with E-state index in [9.17, 15) is 4.79 Å². The second-order valence-electron chi connectivity index (χ2n) is 6.08. The molecular weight excluding hydrogens is 376 g/mol. The Balaban J connectivity index is 1.69. The average Bonchev–Trinajstić information content (AvgIpc) is 2.73. The molecule has 2 aromatic carbocycles. The number of carbonyl (C=O) groups excluding carboxylic acids is 1. The fourth-order valence-corrected chi connectivity index (χ4v) is 2.97. The molecule has 3 rings (SSSR count). The quantitative estimate of drug-likeness (QED) is 0.640. The number of hydrogen-bond donors (Lipinski definition) is 1. The molecule has 0 aliphatic heterocycles. The zero-order valence-electron chi connectivity index (χ0n) is 15.7. The van der Waals surface area contributed by atoms with Crippen LogP contribution in [0, 0.1) is 0 Å². The highest BCUT2D eigenvalue weighted by molar-refractivity contribution is 6.32. The molecule has 0 bridgehead atoms. The third-order valence-electron chi connectivity index (χ3n) is 4.21. The van der Waals surface area contributed by atoms with Gasteiger partial charge in [0.05, 0.1) is 12.1 Å². The number of hydrogen-bond acceptors (Lipinski definition) is 5. The molecule has 0 fully saturated rings. The summed E-state index contributed by atoms with van der Waals surface area (Å²) in [5.74, 6) is 0.906. The Labute approximate surface area is 169 Å². The van der Waals surface area contributed by atoms with Crippen LogP contribution in [-0.2, 0) is 6.54 Å². The third kappa shape index (κ3) is 4.78. The Morgan fingerprint density at radius 1 is 1.11 bits per heavy atom. The summed E-state index contributed by atoms with van der Waals surface area (Å²) in [7, 11) is 1.54. The molecule has 0 aliphatic rings. The predicted molar refractivity (Wildman–Crippen MR) is 111 cm³/mol. The van der Waals surface area contributed by atoms with Crippen LogP contribution in [0.4, 0.5) is 11.5 Å². The summed E-state index contributed by atoms with van der Waals surface area (Å²) in [6.45, 7) is 3.56. The van der Waals surface area contributed by atoms with Gasteiger partial charge < -0.3 is 15.0 Å². The zero-order chi connectivity index (χ0) is 19.9. The van der Waals surface area contributed by atoms with E-state index in [0.717, 1.165) is 18.9 Å². The lowest BCUT2D eigenvalue weighted by Gasteiger charge is -2.21. The molecule has 0 saturated heterocycles. The van der Waals surface area contributed by atoms with Crippen molar-refractivity contribution in [3.63, 3.8) is 0 Å². The number of ether oxygens (including phenoxy) is 1. The van der Waals surface area contributed by atoms with Crippen LogP contribution in [0.2, 0.25) is 5.02 Å². The van der Waals surface area contributed by atoms with Gasteiger partial charge in [-0.15, -0.1) is 10.2 Å². The van der Waals surface area contributed by atoms with Gasteiger partial charge in [-0.1, -0.05) is 41.9 Å². The molecule has 6 nitrogen and oxygen atoms in total. The van der Waals surface area contributed by atoms with E-state index < -0.39 is 0 Å². The summed E-state index contributed by atoms with van der Waals surface area (Å²) in [6.07, 6.45) is 0. The molecule has 0 atom stereocenters. The van der Waals surface area contributed by atoms with Gasteiger partial charge in [-0.3, -0.25) is 4.79 Å². The number of nitrogens with one attached hydrogen (secondary N) is 1. The molecule has 0 saturated carbocycles. The van der Waals surface area contributed by atoms with E-state index in [4.69, 9.17) is 16.3 Å². The van der Waals surface area contributed by atoms with Gasteiger partial charge in [-0.2, -0.15) is 0 Å². The second kappa shape index (κ2) is 9.19. The summed E-state index contributed by atoms with van der Waals surface area (Å²) >= 11 is 6.09. The zero-order valence-corrected chi connectivity index (χ0v) is 16.5. The first-order valence-corrected chi connectivity index (χ1v) is 9.26. The molecule has 0 radical (unpaired) electrons. The summed E-state index contributed by atoms with van der Waals surface area (Å²) < 4.78 is 5.11. The Hall–Kier alpha value is -3.12. The SMILES string of the molecule is CCN(Cc1ccccc1)c1ccc(C(=O)Nc2ccc(OC)c(Cl)c2)nn1. The predicted octanol–water partition coefficient (Wildman–Crippen LogP) is 4.42. The first-order valence-electron chi connectivity index (χ1n) is 8.88. The highest BCUT2D eigenvalue weighted by Gasteiger charge is 2.12. The number of halogens is 1. The van der Waals surface area contributed by atoms with Crippen LogP contribution in [0.15, 0.2) is 60.7 Å². The number of nitrogens with zero attached hydrogens (tertiary/aromatic N) is 3. The van der Waals surface area contributed by atoms with Crippen molar-refractivity contribution >= 4 is 29.0 Å². The largest absolute Gasteiger partial charge is 0.495 e. The summed E-state index contributed by atoms with van der Waals surface area (Å²) in [6, 6.07) is 18.6. The number of anilines is 2. The number of amides is 1. The van der Waals surface area contributed by atoms with E-state index in [1.54, 1.807) is 30.3 Å². The molecule has 3 aromatic rings. The van der Waals surface area contributed by atoms with E-state index in [2.05, 4.69) is 39.5 Å². The molecule has 144 valence electrons. The Morgan fingerprint density at radius 3 is 2.50 bits per heavy atom. The smallest absolute Gasteiger partial charge is 0.276 e. The molecule has 0 unspecified atom stereocenters. The Kier molecular flexibility index (Phi) is 6.45. The van der Waals surface area contributed by atoms with Crippen molar-refractivity contribution in [3.8, 4) is 5.75 Å². The highest BCUT2D eigenvalue weighted by atomic mass is 35.5. The van der Waals surface area contributed by atoms with Gasteiger partial charge in [0.25, 0.3) is 5.91 Å². The van der Waals surface area contributed by atoms with Crippen molar-refractivity contribution in [1.29, 1.82) is 0 Å². The lowest BCUT2D eigenvalue weighted by molar-refractivity contribution is 0.102. The highest BCUT2D eigenvalue weighted by Crippen LogP contribution is 2.27. The average molecular weight is 397 g/mol. The van der Waals surface area contributed by atoms with Crippen LogP contribution in [0.3, 0.4) is 0 Å². The number of benzene rings is 2. The fourth-order valence-electron chi connectivity index (χ4n) is 2.71. The van der Waals surface area contributed by atoms with Gasteiger partial charge in [-0.05, 0) is 42.8 Å². The van der Waals surface area contributed by atoms with Gasteiger partial charge in [0.15, 0.2) is 11.5 Å². The standard InChI is InChI=1S/C21H21ClN4O2/c1-3-26(14-15-7-5-4-6-8-15)20-12-10-18(24-25-20)21(27)23-16-9-11-19(28-2)17(22)13-16/h4-13H,3,14H2,1-2H3,(H,23,27). The monoisotopic (exact) mass is 396 g/mol. The van der Waals surface area contributed by atoms with Gasteiger partial charge in [0.1, 0.15) is 5.75 Å². The van der Waals surface area contributed by atoms with Crippen LogP contribution >= 0.6 is 11.6 Å². The van der Waals surface area contributed by atoms with Crippen molar-refractivity contribution in [1.82, 2.24) is 10.2 Å². The van der Waals surface area contributed by atoms with Crippen molar-refractivity contribution in [2.45, 2.75) is 13.5 Å². The molecule has 0 spiro atoms. The molecular formula is C21H21ClN4O2. The van der Waals surface area contributed by atoms with E-state index in [1.165, 1.54) is 12.7 Å². The lowest BCUT2D eigenvalue weighted by atomic mass is 10.2. The summed E-state index contributed by atoms with van der Waals surface area (Å²) in [5, 5.41) is 11.5. The molecule has 7 heteroatoms. The first-order chi connectivity index (χ1) is 13.6. The van der Waals surface area contributed by atoms with E-state index in [0.29, 0.717) is 16.5 Å². The maximum absolute atomic E-state index is 12.4. The van der Waals surface area contributed by atoms with Gasteiger partial charge in [0, 0.05) is 18.8 Å². The molecule has 1 amide bonds. The number of carbonyl (C=O) groups is 1. The normalized spacial score (nSPS) is 10.4.